The number of hydrogen-bond acceptors (Lipinski definition) is 2. The van der Waals surface area contributed by atoms with Crippen molar-refractivity contribution in [3.8, 4) is 0 Å². The summed E-state index contributed by atoms with van der Waals surface area (Å²) >= 11 is 0. The molecule has 0 aliphatic carbocycles. The van der Waals surface area contributed by atoms with Crippen LogP contribution in [0, 0.1) is 6.92 Å². The largest absolute Gasteiger partial charge is 0.333 e. The highest BCUT2D eigenvalue weighted by Gasteiger charge is 2.18. The number of aromatic nitrogens is 2. The Morgan fingerprint density at radius 3 is 3.00 bits per heavy atom. The molecule has 1 saturated heterocycles. The summed E-state index contributed by atoms with van der Waals surface area (Å²) in [5.41, 5.74) is 4.16. The summed E-state index contributed by atoms with van der Waals surface area (Å²) in [4.78, 5) is 4.35. The van der Waals surface area contributed by atoms with Gasteiger partial charge in [-0.25, -0.2) is 4.98 Å². The minimum Gasteiger partial charge on any atom is -0.333 e. The second kappa shape index (κ2) is 6.23. The van der Waals surface area contributed by atoms with E-state index in [0.29, 0.717) is 6.04 Å². The van der Waals surface area contributed by atoms with Crippen LogP contribution in [0.1, 0.15) is 42.1 Å². The van der Waals surface area contributed by atoms with Crippen LogP contribution in [0.5, 0.6) is 0 Å². The molecule has 106 valence electrons. The number of rotatable bonds is 4. The Hall–Kier alpha value is -1.61. The lowest BCUT2D eigenvalue weighted by Gasteiger charge is -2.24. The van der Waals surface area contributed by atoms with Crippen molar-refractivity contribution in [1.29, 1.82) is 0 Å². The first-order valence-corrected chi connectivity index (χ1v) is 7.62. The topological polar surface area (TPSA) is 29.9 Å². The molecule has 1 aromatic carbocycles. The van der Waals surface area contributed by atoms with Gasteiger partial charge in [-0.15, -0.1) is 0 Å². The fourth-order valence-electron chi connectivity index (χ4n) is 3.04. The van der Waals surface area contributed by atoms with Crippen LogP contribution >= 0.6 is 0 Å². The van der Waals surface area contributed by atoms with Gasteiger partial charge in [0.1, 0.15) is 0 Å². The van der Waals surface area contributed by atoms with E-state index in [4.69, 9.17) is 0 Å². The summed E-state index contributed by atoms with van der Waals surface area (Å²) in [6.45, 7) is 4.33. The zero-order chi connectivity index (χ0) is 13.8. The molecule has 2 heterocycles. The van der Waals surface area contributed by atoms with E-state index in [2.05, 4.69) is 46.1 Å². The van der Waals surface area contributed by atoms with Gasteiger partial charge < -0.3 is 9.88 Å². The number of benzene rings is 1. The van der Waals surface area contributed by atoms with Crippen molar-refractivity contribution < 1.29 is 0 Å². The Labute approximate surface area is 121 Å². The molecule has 0 spiro atoms. The van der Waals surface area contributed by atoms with E-state index in [-0.39, 0.29) is 0 Å². The predicted molar refractivity (Wildman–Crippen MR) is 81.7 cm³/mol. The quantitative estimate of drug-likeness (QED) is 0.923. The Morgan fingerprint density at radius 2 is 2.20 bits per heavy atom. The first kappa shape index (κ1) is 13.4. The standard InChI is InChI=1S/C17H23N3/c1-14-6-2-3-7-15(14)9-11-20-13-18-12-17(20)16-8-4-5-10-19-16/h2-3,6-7,12-13,16,19H,4-5,8-11H2,1H3. The number of nitrogens with zero attached hydrogens (tertiary/aromatic N) is 2. The summed E-state index contributed by atoms with van der Waals surface area (Å²) in [5, 5.41) is 3.61. The first-order chi connectivity index (χ1) is 9.84. The van der Waals surface area contributed by atoms with Crippen LogP contribution in [0.2, 0.25) is 0 Å². The van der Waals surface area contributed by atoms with Crippen LogP contribution in [0.15, 0.2) is 36.8 Å². The number of aryl methyl sites for hydroxylation is 3. The third kappa shape index (κ3) is 2.93. The smallest absolute Gasteiger partial charge is 0.0948 e. The Morgan fingerprint density at radius 1 is 1.30 bits per heavy atom. The molecule has 2 aromatic rings. The van der Waals surface area contributed by atoms with Gasteiger partial charge >= 0.3 is 0 Å². The minimum atomic E-state index is 0.489. The maximum Gasteiger partial charge on any atom is 0.0948 e. The van der Waals surface area contributed by atoms with Crippen molar-refractivity contribution in [2.45, 2.75) is 45.2 Å². The van der Waals surface area contributed by atoms with Crippen LogP contribution in [0.4, 0.5) is 0 Å². The zero-order valence-corrected chi connectivity index (χ0v) is 12.2. The Kier molecular flexibility index (Phi) is 4.16. The molecule has 1 fully saturated rings. The Balaban J connectivity index is 1.69. The number of imidazole rings is 1. The molecule has 1 aromatic heterocycles. The van der Waals surface area contributed by atoms with Crippen molar-refractivity contribution in [2.75, 3.05) is 6.54 Å². The molecule has 3 rings (SSSR count). The monoisotopic (exact) mass is 269 g/mol. The molecule has 1 N–H and O–H groups in total. The second-order valence-corrected chi connectivity index (χ2v) is 5.69. The lowest BCUT2D eigenvalue weighted by Crippen LogP contribution is -2.28. The zero-order valence-electron chi connectivity index (χ0n) is 12.2. The van der Waals surface area contributed by atoms with Crippen molar-refractivity contribution >= 4 is 0 Å². The summed E-state index contributed by atoms with van der Waals surface area (Å²) in [6.07, 6.45) is 8.93. The number of hydrogen-bond donors (Lipinski definition) is 1. The fraction of sp³-hybridized carbons (Fsp3) is 0.471. The molecule has 3 heteroatoms. The molecule has 1 aliphatic rings. The lowest BCUT2D eigenvalue weighted by molar-refractivity contribution is 0.393. The molecule has 20 heavy (non-hydrogen) atoms. The minimum absolute atomic E-state index is 0.489. The van der Waals surface area contributed by atoms with Crippen LogP contribution in [-0.4, -0.2) is 16.1 Å². The van der Waals surface area contributed by atoms with E-state index < -0.39 is 0 Å². The van der Waals surface area contributed by atoms with Crippen molar-refractivity contribution in [1.82, 2.24) is 14.9 Å². The van der Waals surface area contributed by atoms with Gasteiger partial charge in [-0.1, -0.05) is 30.7 Å². The molecular weight excluding hydrogens is 246 g/mol. The molecule has 0 saturated carbocycles. The maximum atomic E-state index is 4.35. The summed E-state index contributed by atoms with van der Waals surface area (Å²) in [7, 11) is 0. The van der Waals surface area contributed by atoms with Gasteiger partial charge in [0, 0.05) is 18.8 Å². The van der Waals surface area contributed by atoms with Crippen molar-refractivity contribution in [3.63, 3.8) is 0 Å². The summed E-state index contributed by atoms with van der Waals surface area (Å²) in [5.74, 6) is 0. The van der Waals surface area contributed by atoms with Gasteiger partial charge in [-0.3, -0.25) is 0 Å². The third-order valence-corrected chi connectivity index (χ3v) is 4.30. The van der Waals surface area contributed by atoms with E-state index in [1.807, 2.05) is 12.5 Å². The van der Waals surface area contributed by atoms with E-state index >= 15 is 0 Å². The van der Waals surface area contributed by atoms with Crippen LogP contribution in [0.3, 0.4) is 0 Å². The molecule has 0 bridgehead atoms. The molecule has 1 atom stereocenters. The SMILES string of the molecule is Cc1ccccc1CCn1cncc1C1CCCCN1. The summed E-state index contributed by atoms with van der Waals surface area (Å²) < 4.78 is 2.31. The fourth-order valence-corrected chi connectivity index (χ4v) is 3.04. The maximum absolute atomic E-state index is 4.35. The Bertz CT molecular complexity index is 553. The average Bonchev–Trinajstić information content (AvgIpc) is 2.96. The van der Waals surface area contributed by atoms with E-state index in [1.165, 1.54) is 36.1 Å². The van der Waals surface area contributed by atoms with Gasteiger partial charge in [-0.05, 0) is 43.9 Å². The molecule has 0 radical (unpaired) electrons. The highest BCUT2D eigenvalue weighted by molar-refractivity contribution is 5.25. The van der Waals surface area contributed by atoms with Crippen LogP contribution in [0.25, 0.3) is 0 Å². The lowest BCUT2D eigenvalue weighted by atomic mass is 10.0. The number of piperidine rings is 1. The van der Waals surface area contributed by atoms with Gasteiger partial charge in [-0.2, -0.15) is 0 Å². The van der Waals surface area contributed by atoms with E-state index in [1.54, 1.807) is 0 Å². The predicted octanol–water partition coefficient (Wildman–Crippen LogP) is 3.25. The van der Waals surface area contributed by atoms with Gasteiger partial charge in [0.15, 0.2) is 0 Å². The van der Waals surface area contributed by atoms with Crippen LogP contribution in [-0.2, 0) is 13.0 Å². The van der Waals surface area contributed by atoms with Crippen molar-refractivity contribution in [2.24, 2.45) is 0 Å². The molecule has 1 unspecified atom stereocenters. The van der Waals surface area contributed by atoms with Crippen molar-refractivity contribution in [3.05, 3.63) is 53.6 Å². The number of nitrogens with one attached hydrogen (secondary N) is 1. The molecule has 0 amide bonds. The highest BCUT2D eigenvalue weighted by atomic mass is 15.1. The first-order valence-electron chi connectivity index (χ1n) is 7.62. The van der Waals surface area contributed by atoms with Gasteiger partial charge in [0.05, 0.1) is 12.0 Å². The second-order valence-electron chi connectivity index (χ2n) is 5.69. The van der Waals surface area contributed by atoms with Gasteiger partial charge in [0.25, 0.3) is 0 Å². The molecule has 3 nitrogen and oxygen atoms in total. The summed E-state index contributed by atoms with van der Waals surface area (Å²) in [6, 6.07) is 9.13. The van der Waals surface area contributed by atoms with E-state index in [0.717, 1.165) is 19.5 Å². The average molecular weight is 269 g/mol. The molecular formula is C17H23N3. The third-order valence-electron chi connectivity index (χ3n) is 4.30. The van der Waals surface area contributed by atoms with Gasteiger partial charge in [0.2, 0.25) is 0 Å². The highest BCUT2D eigenvalue weighted by Crippen LogP contribution is 2.23. The molecule has 1 aliphatic heterocycles. The normalized spacial score (nSPS) is 19.1. The van der Waals surface area contributed by atoms with Crippen LogP contribution < -0.4 is 5.32 Å². The van der Waals surface area contributed by atoms with E-state index in [9.17, 15) is 0 Å².